The summed E-state index contributed by atoms with van der Waals surface area (Å²) in [6, 6.07) is 8.48. The minimum atomic E-state index is -3.41. The van der Waals surface area contributed by atoms with E-state index in [0.29, 0.717) is 11.4 Å². The van der Waals surface area contributed by atoms with Gasteiger partial charge in [0, 0.05) is 6.04 Å². The summed E-state index contributed by atoms with van der Waals surface area (Å²) in [6.45, 7) is 0.544. The van der Waals surface area contributed by atoms with Gasteiger partial charge in [-0.15, -0.1) is 0 Å². The summed E-state index contributed by atoms with van der Waals surface area (Å²) < 4.78 is 27.2. The van der Waals surface area contributed by atoms with Crippen molar-refractivity contribution in [3.63, 3.8) is 0 Å². The van der Waals surface area contributed by atoms with Crippen LogP contribution in [-0.2, 0) is 10.0 Å². The summed E-state index contributed by atoms with van der Waals surface area (Å²) in [6.07, 6.45) is 4.11. The molecular weight excluding hydrogens is 248 g/mol. The molecule has 0 bridgehead atoms. The van der Waals surface area contributed by atoms with Gasteiger partial charge in [0.1, 0.15) is 0 Å². The van der Waals surface area contributed by atoms with Crippen LogP contribution in [-0.4, -0.2) is 21.0 Å². The Morgan fingerprint density at radius 3 is 2.50 bits per heavy atom. The lowest BCUT2D eigenvalue weighted by Gasteiger charge is -2.31. The number of rotatable bonds is 4. The molecule has 0 aliphatic heterocycles. The third-order valence-corrected chi connectivity index (χ3v) is 5.08. The summed E-state index contributed by atoms with van der Waals surface area (Å²) in [5.74, 6) is 0.261. The highest BCUT2D eigenvalue weighted by atomic mass is 32.2. The van der Waals surface area contributed by atoms with Gasteiger partial charge in [-0.2, -0.15) is 0 Å². The molecular formula is C13H20N2O2S. The van der Waals surface area contributed by atoms with E-state index in [4.69, 9.17) is 5.73 Å². The van der Waals surface area contributed by atoms with E-state index in [0.717, 1.165) is 25.7 Å². The summed E-state index contributed by atoms with van der Waals surface area (Å²) in [4.78, 5) is 0.325. The minimum Gasteiger partial charge on any atom is -0.330 e. The molecule has 2 rings (SSSR count). The van der Waals surface area contributed by atoms with Gasteiger partial charge in [0.05, 0.1) is 4.90 Å². The van der Waals surface area contributed by atoms with E-state index in [9.17, 15) is 8.42 Å². The largest absolute Gasteiger partial charge is 0.330 e. The molecule has 1 saturated carbocycles. The van der Waals surface area contributed by atoms with Gasteiger partial charge in [0.15, 0.2) is 0 Å². The summed E-state index contributed by atoms with van der Waals surface area (Å²) >= 11 is 0. The maximum absolute atomic E-state index is 12.2. The molecule has 18 heavy (non-hydrogen) atoms. The lowest BCUT2D eigenvalue weighted by molar-refractivity contribution is 0.296. The topological polar surface area (TPSA) is 72.2 Å². The van der Waals surface area contributed by atoms with Crippen molar-refractivity contribution in [2.45, 2.75) is 36.6 Å². The Morgan fingerprint density at radius 1 is 1.17 bits per heavy atom. The second-order valence-electron chi connectivity index (χ2n) is 4.82. The van der Waals surface area contributed by atoms with Crippen LogP contribution in [0.2, 0.25) is 0 Å². The van der Waals surface area contributed by atoms with Gasteiger partial charge in [-0.1, -0.05) is 31.0 Å². The van der Waals surface area contributed by atoms with Crippen molar-refractivity contribution in [1.29, 1.82) is 0 Å². The van der Waals surface area contributed by atoms with Gasteiger partial charge in [0.2, 0.25) is 10.0 Å². The molecule has 5 heteroatoms. The highest BCUT2D eigenvalue weighted by molar-refractivity contribution is 7.89. The summed E-state index contributed by atoms with van der Waals surface area (Å²) in [7, 11) is -3.41. The Kier molecular flexibility index (Phi) is 4.37. The molecule has 1 aliphatic carbocycles. The van der Waals surface area contributed by atoms with Crippen molar-refractivity contribution < 1.29 is 8.42 Å². The zero-order valence-corrected chi connectivity index (χ0v) is 11.2. The normalized spacial score (nSPS) is 24.9. The Morgan fingerprint density at radius 2 is 1.83 bits per heavy atom. The molecule has 1 fully saturated rings. The van der Waals surface area contributed by atoms with Gasteiger partial charge in [-0.25, -0.2) is 13.1 Å². The predicted molar refractivity (Wildman–Crippen MR) is 71.6 cm³/mol. The molecule has 1 aromatic rings. The Bertz CT molecular complexity index is 473. The molecule has 2 unspecified atom stereocenters. The zero-order valence-electron chi connectivity index (χ0n) is 10.4. The first kappa shape index (κ1) is 13.5. The number of hydrogen-bond donors (Lipinski definition) is 2. The van der Waals surface area contributed by atoms with Crippen LogP contribution in [0.15, 0.2) is 35.2 Å². The molecule has 0 aromatic heterocycles. The van der Waals surface area contributed by atoms with Crippen LogP contribution in [0.3, 0.4) is 0 Å². The molecule has 2 atom stereocenters. The van der Waals surface area contributed by atoms with Crippen molar-refractivity contribution in [1.82, 2.24) is 4.72 Å². The van der Waals surface area contributed by atoms with Crippen LogP contribution in [0.4, 0.5) is 0 Å². The number of hydrogen-bond acceptors (Lipinski definition) is 3. The Hall–Kier alpha value is -0.910. The molecule has 3 N–H and O–H groups in total. The Balaban J connectivity index is 2.12. The van der Waals surface area contributed by atoms with E-state index in [1.54, 1.807) is 24.3 Å². The molecule has 100 valence electrons. The van der Waals surface area contributed by atoms with Crippen LogP contribution in [0.5, 0.6) is 0 Å². The third kappa shape index (κ3) is 3.10. The molecule has 1 aromatic carbocycles. The quantitative estimate of drug-likeness (QED) is 0.869. The molecule has 0 saturated heterocycles. The third-order valence-electron chi connectivity index (χ3n) is 3.57. The smallest absolute Gasteiger partial charge is 0.240 e. The minimum absolute atomic E-state index is 0.0195. The van der Waals surface area contributed by atoms with Crippen molar-refractivity contribution >= 4 is 10.0 Å². The lowest BCUT2D eigenvalue weighted by atomic mass is 9.85. The summed E-state index contributed by atoms with van der Waals surface area (Å²) in [5, 5.41) is 0. The fourth-order valence-corrected chi connectivity index (χ4v) is 3.87. The average Bonchev–Trinajstić information content (AvgIpc) is 2.40. The first-order valence-electron chi connectivity index (χ1n) is 6.41. The second-order valence-corrected chi connectivity index (χ2v) is 6.54. The van der Waals surface area contributed by atoms with E-state index in [1.807, 2.05) is 6.07 Å². The van der Waals surface area contributed by atoms with Gasteiger partial charge < -0.3 is 5.73 Å². The molecule has 4 nitrogen and oxygen atoms in total. The molecule has 0 amide bonds. The fourth-order valence-electron chi connectivity index (χ4n) is 2.51. The zero-order chi connectivity index (χ0) is 13.0. The van der Waals surface area contributed by atoms with Crippen LogP contribution in [0, 0.1) is 5.92 Å². The maximum Gasteiger partial charge on any atom is 0.240 e. The molecule has 1 aliphatic rings. The molecule has 0 heterocycles. The SMILES string of the molecule is NCC1CCCCC1NS(=O)(=O)c1ccccc1. The highest BCUT2D eigenvalue weighted by Gasteiger charge is 2.28. The van der Waals surface area contributed by atoms with E-state index >= 15 is 0 Å². The van der Waals surface area contributed by atoms with Gasteiger partial charge >= 0.3 is 0 Å². The first-order valence-corrected chi connectivity index (χ1v) is 7.89. The monoisotopic (exact) mass is 268 g/mol. The van der Waals surface area contributed by atoms with Crippen LogP contribution in [0.25, 0.3) is 0 Å². The van der Waals surface area contributed by atoms with Crippen molar-refractivity contribution in [3.05, 3.63) is 30.3 Å². The van der Waals surface area contributed by atoms with Crippen LogP contribution >= 0.6 is 0 Å². The maximum atomic E-state index is 12.2. The fraction of sp³-hybridized carbons (Fsp3) is 0.538. The van der Waals surface area contributed by atoms with Gasteiger partial charge in [-0.05, 0) is 37.4 Å². The van der Waals surface area contributed by atoms with Crippen molar-refractivity contribution in [2.75, 3.05) is 6.54 Å². The van der Waals surface area contributed by atoms with E-state index in [2.05, 4.69) is 4.72 Å². The number of nitrogens with two attached hydrogens (primary N) is 1. The molecule has 0 radical (unpaired) electrons. The van der Waals surface area contributed by atoms with Gasteiger partial charge in [-0.3, -0.25) is 0 Å². The predicted octanol–water partition coefficient (Wildman–Crippen LogP) is 1.48. The van der Waals surface area contributed by atoms with E-state index in [1.165, 1.54) is 0 Å². The first-order chi connectivity index (χ1) is 8.63. The number of sulfonamides is 1. The van der Waals surface area contributed by atoms with Gasteiger partial charge in [0.25, 0.3) is 0 Å². The standard InChI is InChI=1S/C13H20N2O2S/c14-10-11-6-4-5-9-13(11)15-18(16,17)12-7-2-1-3-8-12/h1-3,7-8,11,13,15H,4-6,9-10,14H2. The highest BCUT2D eigenvalue weighted by Crippen LogP contribution is 2.25. The molecule has 0 spiro atoms. The van der Waals surface area contributed by atoms with Crippen LogP contribution < -0.4 is 10.5 Å². The lowest BCUT2D eigenvalue weighted by Crippen LogP contribution is -2.44. The van der Waals surface area contributed by atoms with Crippen molar-refractivity contribution in [3.8, 4) is 0 Å². The number of benzene rings is 1. The van der Waals surface area contributed by atoms with E-state index in [-0.39, 0.29) is 12.0 Å². The van der Waals surface area contributed by atoms with Crippen molar-refractivity contribution in [2.24, 2.45) is 11.7 Å². The number of nitrogens with one attached hydrogen (secondary N) is 1. The van der Waals surface area contributed by atoms with Crippen LogP contribution in [0.1, 0.15) is 25.7 Å². The Labute approximate surface area is 109 Å². The second kappa shape index (κ2) is 5.82. The average molecular weight is 268 g/mol. The summed E-state index contributed by atoms with van der Waals surface area (Å²) in [5.41, 5.74) is 5.72. The van der Waals surface area contributed by atoms with E-state index < -0.39 is 10.0 Å².